The van der Waals surface area contributed by atoms with Crippen LogP contribution in [0.3, 0.4) is 0 Å². The first-order valence-electron chi connectivity index (χ1n) is 7.51. The van der Waals surface area contributed by atoms with Gasteiger partial charge in [-0.05, 0) is 57.5 Å². The minimum atomic E-state index is 0.410. The van der Waals surface area contributed by atoms with Gasteiger partial charge in [0.2, 0.25) is 0 Å². The van der Waals surface area contributed by atoms with Crippen LogP contribution in [-0.2, 0) is 0 Å². The Hall–Kier alpha value is -0.860. The number of aryl methyl sites for hydroxylation is 2. The van der Waals surface area contributed by atoms with Gasteiger partial charge in [-0.1, -0.05) is 32.0 Å². The highest BCUT2D eigenvalue weighted by Crippen LogP contribution is 2.19. The van der Waals surface area contributed by atoms with Crippen LogP contribution in [0.4, 0.5) is 0 Å². The Morgan fingerprint density at radius 1 is 1.16 bits per heavy atom. The van der Waals surface area contributed by atoms with Crippen molar-refractivity contribution in [2.45, 2.75) is 53.1 Å². The number of hydrogen-bond acceptors (Lipinski definition) is 2. The fourth-order valence-corrected chi connectivity index (χ4v) is 2.46. The molecular formula is C17H30N2. The molecule has 0 aliphatic carbocycles. The highest BCUT2D eigenvalue weighted by molar-refractivity contribution is 5.31. The van der Waals surface area contributed by atoms with E-state index in [0.717, 1.165) is 13.1 Å². The zero-order chi connectivity index (χ0) is 14.4. The summed E-state index contributed by atoms with van der Waals surface area (Å²) < 4.78 is 0. The number of benzene rings is 1. The minimum Gasteiger partial charge on any atom is -0.312 e. The van der Waals surface area contributed by atoms with Gasteiger partial charge in [-0.15, -0.1) is 0 Å². The normalized spacial score (nSPS) is 14.7. The van der Waals surface area contributed by atoms with Gasteiger partial charge in [0.1, 0.15) is 0 Å². The Balaban J connectivity index is 2.84. The van der Waals surface area contributed by atoms with E-state index >= 15 is 0 Å². The van der Waals surface area contributed by atoms with Gasteiger partial charge in [-0.25, -0.2) is 0 Å². The molecule has 108 valence electrons. The number of rotatable bonds is 7. The van der Waals surface area contributed by atoms with Crippen LogP contribution in [0.5, 0.6) is 0 Å². The summed E-state index contributed by atoms with van der Waals surface area (Å²) in [6, 6.07) is 7.87. The number of nitrogens with zero attached hydrogens (tertiary/aromatic N) is 1. The van der Waals surface area contributed by atoms with Crippen molar-refractivity contribution in [2.75, 3.05) is 20.1 Å². The maximum Gasteiger partial charge on any atom is 0.0447 e. The maximum atomic E-state index is 3.47. The lowest BCUT2D eigenvalue weighted by Gasteiger charge is -2.31. The Morgan fingerprint density at radius 2 is 1.84 bits per heavy atom. The van der Waals surface area contributed by atoms with E-state index in [1.807, 2.05) is 0 Å². The van der Waals surface area contributed by atoms with E-state index in [1.54, 1.807) is 0 Å². The van der Waals surface area contributed by atoms with Gasteiger partial charge >= 0.3 is 0 Å². The number of nitrogens with one attached hydrogen (secondary N) is 1. The molecule has 0 aromatic heterocycles. The summed E-state index contributed by atoms with van der Waals surface area (Å²) in [5.41, 5.74) is 4.14. The van der Waals surface area contributed by atoms with E-state index in [0.29, 0.717) is 12.1 Å². The second kappa shape index (κ2) is 7.66. The fraction of sp³-hybridized carbons (Fsp3) is 0.647. The summed E-state index contributed by atoms with van der Waals surface area (Å²) in [6.07, 6.45) is 1.21. The Labute approximate surface area is 119 Å². The lowest BCUT2D eigenvalue weighted by Crippen LogP contribution is -2.39. The van der Waals surface area contributed by atoms with Gasteiger partial charge in [0.25, 0.3) is 0 Å². The fourth-order valence-electron chi connectivity index (χ4n) is 2.46. The molecule has 0 saturated heterocycles. The zero-order valence-electron chi connectivity index (χ0n) is 13.5. The molecule has 19 heavy (non-hydrogen) atoms. The predicted octanol–water partition coefficient (Wildman–Crippen LogP) is 3.68. The monoisotopic (exact) mass is 262 g/mol. The predicted molar refractivity (Wildman–Crippen MR) is 84.7 cm³/mol. The highest BCUT2D eigenvalue weighted by atomic mass is 15.2. The molecule has 0 heterocycles. The average molecular weight is 262 g/mol. The van der Waals surface area contributed by atoms with Crippen molar-refractivity contribution in [3.63, 3.8) is 0 Å². The van der Waals surface area contributed by atoms with Crippen LogP contribution in [0.25, 0.3) is 0 Å². The van der Waals surface area contributed by atoms with Crippen molar-refractivity contribution < 1.29 is 0 Å². The van der Waals surface area contributed by atoms with Gasteiger partial charge in [0, 0.05) is 18.6 Å². The lowest BCUT2D eigenvalue weighted by atomic mass is 10.00. The van der Waals surface area contributed by atoms with Crippen LogP contribution < -0.4 is 5.32 Å². The van der Waals surface area contributed by atoms with Gasteiger partial charge in [0.05, 0.1) is 0 Å². The molecule has 1 aromatic rings. The van der Waals surface area contributed by atoms with Gasteiger partial charge in [-0.3, -0.25) is 4.90 Å². The van der Waals surface area contributed by atoms with E-state index in [4.69, 9.17) is 0 Å². The molecule has 0 aliphatic heterocycles. The molecule has 2 unspecified atom stereocenters. The van der Waals surface area contributed by atoms with E-state index in [1.165, 1.54) is 23.1 Å². The molecule has 2 atom stereocenters. The van der Waals surface area contributed by atoms with Gasteiger partial charge in [-0.2, -0.15) is 0 Å². The molecule has 2 heteroatoms. The summed E-state index contributed by atoms with van der Waals surface area (Å²) in [7, 11) is 2.06. The molecule has 0 amide bonds. The molecule has 0 aliphatic rings. The third-order valence-corrected chi connectivity index (χ3v) is 4.32. The van der Waals surface area contributed by atoms with Crippen LogP contribution in [-0.4, -0.2) is 31.1 Å². The van der Waals surface area contributed by atoms with Crippen molar-refractivity contribution >= 4 is 0 Å². The van der Waals surface area contributed by atoms with Crippen molar-refractivity contribution in [3.05, 3.63) is 34.9 Å². The smallest absolute Gasteiger partial charge is 0.0447 e. The van der Waals surface area contributed by atoms with Gasteiger partial charge < -0.3 is 5.32 Å². The number of hydrogen-bond donors (Lipinski definition) is 1. The van der Waals surface area contributed by atoms with Crippen LogP contribution in [0, 0.1) is 13.8 Å². The van der Waals surface area contributed by atoms with E-state index in [2.05, 4.69) is 70.1 Å². The van der Waals surface area contributed by atoms with Gasteiger partial charge in [0.15, 0.2) is 0 Å². The summed E-state index contributed by atoms with van der Waals surface area (Å²) in [5, 5.41) is 3.47. The average Bonchev–Trinajstić information content (AvgIpc) is 2.42. The van der Waals surface area contributed by atoms with E-state index in [-0.39, 0.29) is 0 Å². The third-order valence-electron chi connectivity index (χ3n) is 4.32. The van der Waals surface area contributed by atoms with Crippen LogP contribution >= 0.6 is 0 Å². The first-order chi connectivity index (χ1) is 9.03. The molecule has 2 nitrogen and oxygen atoms in total. The number of likely N-dealkylation sites (N-methyl/N-ethyl adjacent to an activating group) is 2. The Bertz CT molecular complexity index is 387. The molecule has 0 radical (unpaired) electrons. The molecule has 1 aromatic carbocycles. The second-order valence-corrected chi connectivity index (χ2v) is 5.53. The molecule has 0 bridgehead atoms. The maximum absolute atomic E-state index is 3.47. The molecular weight excluding hydrogens is 232 g/mol. The SMILES string of the molecule is CCC(C)N(CC)CC(NC)c1ccc(C)c(C)c1. The van der Waals surface area contributed by atoms with Crippen LogP contribution in [0.15, 0.2) is 18.2 Å². The molecule has 0 fully saturated rings. The van der Waals surface area contributed by atoms with Crippen LogP contribution in [0.2, 0.25) is 0 Å². The summed E-state index contributed by atoms with van der Waals surface area (Å²) in [6.45, 7) is 13.4. The quantitative estimate of drug-likeness (QED) is 0.806. The third kappa shape index (κ3) is 4.32. The lowest BCUT2D eigenvalue weighted by molar-refractivity contribution is 0.194. The molecule has 1 N–H and O–H groups in total. The molecule has 0 spiro atoms. The molecule has 0 saturated carbocycles. The largest absolute Gasteiger partial charge is 0.312 e. The van der Waals surface area contributed by atoms with Crippen molar-refractivity contribution in [2.24, 2.45) is 0 Å². The molecule has 1 rings (SSSR count). The second-order valence-electron chi connectivity index (χ2n) is 5.53. The van der Waals surface area contributed by atoms with Crippen molar-refractivity contribution in [1.82, 2.24) is 10.2 Å². The summed E-state index contributed by atoms with van der Waals surface area (Å²) in [4.78, 5) is 2.55. The Kier molecular flexibility index (Phi) is 6.53. The first-order valence-corrected chi connectivity index (χ1v) is 7.51. The standard InChI is InChI=1S/C17H30N2/c1-7-15(5)19(8-2)12-17(18-6)16-10-9-13(3)14(4)11-16/h9-11,15,17-18H,7-8,12H2,1-6H3. The highest BCUT2D eigenvalue weighted by Gasteiger charge is 2.17. The van der Waals surface area contributed by atoms with Crippen molar-refractivity contribution in [1.29, 1.82) is 0 Å². The van der Waals surface area contributed by atoms with E-state index < -0.39 is 0 Å². The summed E-state index contributed by atoms with van der Waals surface area (Å²) >= 11 is 0. The van der Waals surface area contributed by atoms with Crippen LogP contribution in [0.1, 0.15) is 49.9 Å². The Morgan fingerprint density at radius 3 is 2.32 bits per heavy atom. The summed E-state index contributed by atoms with van der Waals surface area (Å²) in [5.74, 6) is 0. The first kappa shape index (κ1) is 16.2. The van der Waals surface area contributed by atoms with E-state index in [9.17, 15) is 0 Å². The van der Waals surface area contributed by atoms with Crippen molar-refractivity contribution in [3.8, 4) is 0 Å². The minimum absolute atomic E-state index is 0.410. The topological polar surface area (TPSA) is 15.3 Å². The zero-order valence-corrected chi connectivity index (χ0v) is 13.5.